The number of nitro benzene ring substituents is 1. The van der Waals surface area contributed by atoms with Gasteiger partial charge in [-0.05, 0) is 44.2 Å². The summed E-state index contributed by atoms with van der Waals surface area (Å²) in [6, 6.07) is 9.57. The largest absolute Gasteiger partial charge is 0.487 e. The van der Waals surface area contributed by atoms with E-state index in [1.807, 2.05) is 19.1 Å². The van der Waals surface area contributed by atoms with Crippen LogP contribution in [0.25, 0.3) is 10.2 Å². The molecule has 0 spiro atoms. The summed E-state index contributed by atoms with van der Waals surface area (Å²) < 4.78 is 6.19. The molecule has 1 N–H and O–H groups in total. The van der Waals surface area contributed by atoms with Gasteiger partial charge >= 0.3 is 5.69 Å². The Morgan fingerprint density at radius 3 is 2.84 bits per heavy atom. The number of aromatic nitrogens is 1. The van der Waals surface area contributed by atoms with E-state index in [1.165, 1.54) is 29.5 Å². The van der Waals surface area contributed by atoms with Crippen LogP contribution in [0, 0.1) is 17.0 Å². The Labute approximate surface area is 147 Å². The molecule has 2 aromatic carbocycles. The van der Waals surface area contributed by atoms with Gasteiger partial charge in [-0.15, -0.1) is 11.3 Å². The van der Waals surface area contributed by atoms with Crippen LogP contribution < -0.4 is 10.1 Å². The lowest BCUT2D eigenvalue weighted by Crippen LogP contribution is -2.12. The van der Waals surface area contributed by atoms with Gasteiger partial charge in [0.25, 0.3) is 5.91 Å². The predicted octanol–water partition coefficient (Wildman–Crippen LogP) is 4.16. The minimum Gasteiger partial charge on any atom is -0.487 e. The first-order valence-corrected chi connectivity index (χ1v) is 8.39. The second-order valence-corrected chi connectivity index (χ2v) is 6.48. The minimum absolute atomic E-state index is 0.144. The molecule has 0 aliphatic rings. The van der Waals surface area contributed by atoms with E-state index in [4.69, 9.17) is 4.74 Å². The van der Waals surface area contributed by atoms with Crippen molar-refractivity contribution in [3.8, 4) is 5.75 Å². The number of nitrogens with one attached hydrogen (secondary N) is 1. The van der Waals surface area contributed by atoms with Crippen molar-refractivity contribution >= 4 is 38.8 Å². The number of rotatable bonds is 5. The normalized spacial score (nSPS) is 10.6. The second-order valence-electron chi connectivity index (χ2n) is 5.24. The number of nitrogens with zero attached hydrogens (tertiary/aromatic N) is 2. The topological polar surface area (TPSA) is 94.4 Å². The highest BCUT2D eigenvalue weighted by Crippen LogP contribution is 2.29. The van der Waals surface area contributed by atoms with E-state index in [9.17, 15) is 14.9 Å². The predicted molar refractivity (Wildman–Crippen MR) is 96.6 cm³/mol. The summed E-state index contributed by atoms with van der Waals surface area (Å²) >= 11 is 1.53. The molecule has 0 unspecified atom stereocenters. The first-order chi connectivity index (χ1) is 12.0. The number of hydrogen-bond donors (Lipinski definition) is 1. The molecule has 3 rings (SSSR count). The van der Waals surface area contributed by atoms with Gasteiger partial charge in [0, 0.05) is 17.3 Å². The quantitative estimate of drug-likeness (QED) is 0.546. The third kappa shape index (κ3) is 3.58. The average Bonchev–Trinajstić information content (AvgIpc) is 2.94. The van der Waals surface area contributed by atoms with E-state index >= 15 is 0 Å². The van der Waals surface area contributed by atoms with Gasteiger partial charge in [0.15, 0.2) is 5.75 Å². The van der Waals surface area contributed by atoms with E-state index in [-0.39, 0.29) is 17.0 Å². The molecule has 1 heterocycles. The van der Waals surface area contributed by atoms with Crippen LogP contribution in [0.2, 0.25) is 0 Å². The van der Waals surface area contributed by atoms with Gasteiger partial charge in [0.2, 0.25) is 0 Å². The standard InChI is InChI=1S/C17H15N3O4S/c1-3-24-15-7-4-11(8-14(15)20(22)23)17(21)19-12-5-6-13-16(9-12)25-10(2)18-13/h4-9H,3H2,1-2H3,(H,19,21). The van der Waals surface area contributed by atoms with Crippen LogP contribution in [0.5, 0.6) is 5.75 Å². The van der Waals surface area contributed by atoms with Crippen LogP contribution in [-0.4, -0.2) is 22.4 Å². The number of carbonyl (C=O) groups is 1. The molecule has 3 aromatic rings. The van der Waals surface area contributed by atoms with Gasteiger partial charge in [0.05, 0.1) is 26.8 Å². The SMILES string of the molecule is CCOc1ccc(C(=O)Nc2ccc3nc(C)sc3c2)cc1[N+](=O)[O-]. The lowest BCUT2D eigenvalue weighted by atomic mass is 10.1. The Morgan fingerprint density at radius 2 is 2.12 bits per heavy atom. The maximum atomic E-state index is 12.4. The van der Waals surface area contributed by atoms with Crippen LogP contribution in [-0.2, 0) is 0 Å². The molecule has 0 aliphatic heterocycles. The number of hydrogen-bond acceptors (Lipinski definition) is 6. The molecule has 7 nitrogen and oxygen atoms in total. The summed E-state index contributed by atoms with van der Waals surface area (Å²) in [7, 11) is 0. The zero-order valence-electron chi connectivity index (χ0n) is 13.6. The molecule has 1 amide bonds. The molecule has 0 bridgehead atoms. The fraction of sp³-hybridized carbons (Fsp3) is 0.176. The van der Waals surface area contributed by atoms with Crippen LogP contribution in [0.15, 0.2) is 36.4 Å². The summed E-state index contributed by atoms with van der Waals surface area (Å²) in [5, 5.41) is 14.9. The number of ether oxygens (including phenoxy) is 1. The number of thiazole rings is 1. The Morgan fingerprint density at radius 1 is 1.32 bits per heavy atom. The summed E-state index contributed by atoms with van der Waals surface area (Å²) in [6.45, 7) is 3.96. The Hall–Kier alpha value is -3.00. The van der Waals surface area contributed by atoms with Crippen LogP contribution in [0.4, 0.5) is 11.4 Å². The van der Waals surface area contributed by atoms with Gasteiger partial charge < -0.3 is 10.1 Å². The Kier molecular flexibility index (Phi) is 4.62. The van der Waals surface area contributed by atoms with Gasteiger partial charge in [-0.2, -0.15) is 0 Å². The van der Waals surface area contributed by atoms with Gasteiger partial charge in [-0.3, -0.25) is 14.9 Å². The van der Waals surface area contributed by atoms with Crippen LogP contribution >= 0.6 is 11.3 Å². The smallest absolute Gasteiger partial charge is 0.311 e. The number of amides is 1. The molecule has 0 saturated carbocycles. The van der Waals surface area contributed by atoms with Crippen molar-refractivity contribution < 1.29 is 14.5 Å². The minimum atomic E-state index is -0.562. The van der Waals surface area contributed by atoms with Crippen molar-refractivity contribution in [3.05, 3.63) is 57.1 Å². The van der Waals surface area contributed by atoms with Crippen molar-refractivity contribution in [2.75, 3.05) is 11.9 Å². The summed E-state index contributed by atoms with van der Waals surface area (Å²) in [4.78, 5) is 27.4. The molecule has 0 aliphatic carbocycles. The monoisotopic (exact) mass is 357 g/mol. The van der Waals surface area contributed by atoms with E-state index in [0.717, 1.165) is 15.2 Å². The highest BCUT2D eigenvalue weighted by atomic mass is 32.1. The van der Waals surface area contributed by atoms with Crippen molar-refractivity contribution in [2.24, 2.45) is 0 Å². The van der Waals surface area contributed by atoms with Crippen molar-refractivity contribution in [1.29, 1.82) is 0 Å². The fourth-order valence-electron chi connectivity index (χ4n) is 2.40. The maximum Gasteiger partial charge on any atom is 0.311 e. The zero-order chi connectivity index (χ0) is 18.0. The molecule has 0 fully saturated rings. The number of fused-ring (bicyclic) bond motifs is 1. The summed E-state index contributed by atoms with van der Waals surface area (Å²) in [6.07, 6.45) is 0. The molecule has 0 saturated heterocycles. The number of aryl methyl sites for hydroxylation is 1. The molecule has 128 valence electrons. The molecular formula is C17H15N3O4S. The zero-order valence-corrected chi connectivity index (χ0v) is 14.4. The Balaban J connectivity index is 1.86. The number of nitro groups is 1. The third-order valence-corrected chi connectivity index (χ3v) is 4.40. The summed E-state index contributed by atoms with van der Waals surface area (Å²) in [5.41, 5.74) is 1.44. The van der Waals surface area contributed by atoms with E-state index in [0.29, 0.717) is 12.3 Å². The highest BCUT2D eigenvalue weighted by molar-refractivity contribution is 7.18. The molecule has 0 atom stereocenters. The van der Waals surface area contributed by atoms with Crippen molar-refractivity contribution in [3.63, 3.8) is 0 Å². The lowest BCUT2D eigenvalue weighted by molar-refractivity contribution is -0.385. The lowest BCUT2D eigenvalue weighted by Gasteiger charge is -2.08. The van der Waals surface area contributed by atoms with Gasteiger partial charge in [0.1, 0.15) is 0 Å². The fourth-order valence-corrected chi connectivity index (χ4v) is 3.27. The average molecular weight is 357 g/mol. The first-order valence-electron chi connectivity index (χ1n) is 7.57. The molecular weight excluding hydrogens is 342 g/mol. The third-order valence-electron chi connectivity index (χ3n) is 3.47. The number of benzene rings is 2. The molecule has 8 heteroatoms. The van der Waals surface area contributed by atoms with E-state index < -0.39 is 10.8 Å². The Bertz CT molecular complexity index is 968. The summed E-state index contributed by atoms with van der Waals surface area (Å²) in [5.74, 6) is -0.280. The maximum absolute atomic E-state index is 12.4. The van der Waals surface area contributed by atoms with Crippen LogP contribution in [0.1, 0.15) is 22.3 Å². The molecule has 25 heavy (non-hydrogen) atoms. The first kappa shape index (κ1) is 16.8. The van der Waals surface area contributed by atoms with Crippen LogP contribution in [0.3, 0.4) is 0 Å². The number of carbonyl (C=O) groups excluding carboxylic acids is 1. The van der Waals surface area contributed by atoms with E-state index in [1.54, 1.807) is 13.0 Å². The number of anilines is 1. The molecule has 0 radical (unpaired) electrons. The molecule has 1 aromatic heterocycles. The van der Waals surface area contributed by atoms with Crippen molar-refractivity contribution in [1.82, 2.24) is 4.98 Å². The van der Waals surface area contributed by atoms with Crippen molar-refractivity contribution in [2.45, 2.75) is 13.8 Å². The van der Waals surface area contributed by atoms with Gasteiger partial charge in [-0.1, -0.05) is 0 Å². The van der Waals surface area contributed by atoms with Gasteiger partial charge in [-0.25, -0.2) is 4.98 Å². The van der Waals surface area contributed by atoms with E-state index in [2.05, 4.69) is 10.3 Å². The second kappa shape index (κ2) is 6.86. The highest BCUT2D eigenvalue weighted by Gasteiger charge is 2.18.